The van der Waals surface area contributed by atoms with E-state index in [-0.39, 0.29) is 17.2 Å². The molecule has 4 aromatic rings. The van der Waals surface area contributed by atoms with Gasteiger partial charge in [0, 0.05) is 23.9 Å². The largest absolute Gasteiger partial charge is 0.290 e. The van der Waals surface area contributed by atoms with E-state index in [9.17, 15) is 14.0 Å². The number of nitrogens with one attached hydrogen (secondary N) is 1. The van der Waals surface area contributed by atoms with Crippen LogP contribution in [0.25, 0.3) is 11.0 Å². The molecule has 28 heavy (non-hydrogen) atoms. The molecular weight excluding hydrogens is 379 g/mol. The van der Waals surface area contributed by atoms with Crippen LogP contribution in [-0.4, -0.2) is 25.5 Å². The van der Waals surface area contributed by atoms with Crippen molar-refractivity contribution < 1.29 is 9.18 Å². The van der Waals surface area contributed by atoms with Crippen molar-refractivity contribution in [2.24, 2.45) is 7.05 Å². The Kier molecular flexibility index (Phi) is 4.79. The van der Waals surface area contributed by atoms with Gasteiger partial charge in [0.15, 0.2) is 16.6 Å². The Morgan fingerprint density at radius 1 is 1.11 bits per heavy atom. The maximum Gasteiger partial charge on any atom is 0.265 e. The molecule has 2 heterocycles. The Morgan fingerprint density at radius 2 is 1.75 bits per heavy atom. The van der Waals surface area contributed by atoms with Crippen molar-refractivity contribution in [3.8, 4) is 0 Å². The van der Waals surface area contributed by atoms with Gasteiger partial charge in [-0.05, 0) is 29.8 Å². The summed E-state index contributed by atoms with van der Waals surface area (Å²) in [6.07, 6.45) is 1.47. The fourth-order valence-electron chi connectivity index (χ4n) is 2.76. The van der Waals surface area contributed by atoms with Gasteiger partial charge in [0.05, 0.1) is 6.20 Å². The number of aromatic nitrogens is 4. The lowest BCUT2D eigenvalue weighted by molar-refractivity contribution is 0.103. The summed E-state index contributed by atoms with van der Waals surface area (Å²) in [5.41, 5.74) is 2.27. The minimum atomic E-state index is -0.375. The number of nitrogens with zero attached hydrogens (tertiary/aromatic N) is 3. The number of H-pyrrole nitrogens is 1. The van der Waals surface area contributed by atoms with E-state index in [0.29, 0.717) is 33.1 Å². The van der Waals surface area contributed by atoms with Crippen LogP contribution in [0, 0.1) is 5.82 Å². The maximum absolute atomic E-state index is 13.0. The first-order valence-electron chi connectivity index (χ1n) is 8.45. The molecule has 0 saturated heterocycles. The summed E-state index contributed by atoms with van der Waals surface area (Å²) in [7, 11) is 1.68. The van der Waals surface area contributed by atoms with Gasteiger partial charge >= 0.3 is 0 Å². The molecule has 0 bridgehead atoms. The molecule has 2 aromatic heterocycles. The third kappa shape index (κ3) is 3.46. The highest BCUT2D eigenvalue weighted by Gasteiger charge is 2.12. The van der Waals surface area contributed by atoms with E-state index in [4.69, 9.17) is 0 Å². The second-order valence-electron chi connectivity index (χ2n) is 6.21. The van der Waals surface area contributed by atoms with E-state index >= 15 is 0 Å². The van der Waals surface area contributed by atoms with Crippen LogP contribution in [0.2, 0.25) is 0 Å². The predicted octanol–water partition coefficient (Wildman–Crippen LogP) is 3.32. The van der Waals surface area contributed by atoms with Gasteiger partial charge in [0.25, 0.3) is 5.56 Å². The van der Waals surface area contributed by atoms with Gasteiger partial charge in [-0.1, -0.05) is 36.0 Å². The van der Waals surface area contributed by atoms with E-state index in [1.807, 2.05) is 12.1 Å². The molecule has 0 spiro atoms. The number of carbonyl (C=O) groups is 1. The Hall–Kier alpha value is -3.26. The lowest BCUT2D eigenvalue weighted by Gasteiger charge is -2.07. The number of aromatic amines is 1. The van der Waals surface area contributed by atoms with E-state index in [0.717, 1.165) is 5.56 Å². The molecule has 0 atom stereocenters. The number of benzene rings is 2. The lowest BCUT2D eigenvalue weighted by Crippen LogP contribution is -2.19. The number of fused-ring (bicyclic) bond motifs is 1. The summed E-state index contributed by atoms with van der Waals surface area (Å²) in [6.45, 7) is 0. The summed E-state index contributed by atoms with van der Waals surface area (Å²) in [5, 5.41) is 7.60. The van der Waals surface area contributed by atoms with E-state index in [2.05, 4.69) is 15.2 Å². The van der Waals surface area contributed by atoms with E-state index in [1.54, 1.807) is 19.2 Å². The molecule has 140 valence electrons. The third-order valence-electron chi connectivity index (χ3n) is 4.34. The van der Waals surface area contributed by atoms with Crippen LogP contribution in [-0.2, 0) is 12.8 Å². The highest BCUT2D eigenvalue weighted by Crippen LogP contribution is 2.21. The summed E-state index contributed by atoms with van der Waals surface area (Å²) in [6, 6.07) is 12.7. The molecule has 0 unspecified atom stereocenters. The van der Waals surface area contributed by atoms with Crippen LogP contribution in [0.5, 0.6) is 0 Å². The zero-order chi connectivity index (χ0) is 19.7. The normalized spacial score (nSPS) is 11.1. The predicted molar refractivity (Wildman–Crippen MR) is 105 cm³/mol. The van der Waals surface area contributed by atoms with Crippen LogP contribution in [0.3, 0.4) is 0 Å². The van der Waals surface area contributed by atoms with E-state index in [1.165, 1.54) is 46.8 Å². The highest BCUT2D eigenvalue weighted by molar-refractivity contribution is 7.98. The number of ketones is 1. The summed E-state index contributed by atoms with van der Waals surface area (Å²) >= 11 is 1.42. The van der Waals surface area contributed by atoms with Crippen molar-refractivity contribution in [3.63, 3.8) is 0 Å². The van der Waals surface area contributed by atoms with Crippen molar-refractivity contribution in [1.82, 2.24) is 19.7 Å². The summed E-state index contributed by atoms with van der Waals surface area (Å²) in [5.74, 6) is 0.0542. The molecule has 0 saturated carbocycles. The zero-order valence-corrected chi connectivity index (χ0v) is 15.7. The lowest BCUT2D eigenvalue weighted by atomic mass is 10.0. The highest BCUT2D eigenvalue weighted by atomic mass is 32.2. The Bertz CT molecular complexity index is 1210. The number of halogens is 1. The maximum atomic E-state index is 13.0. The van der Waals surface area contributed by atoms with Gasteiger partial charge < -0.3 is 0 Å². The van der Waals surface area contributed by atoms with Crippen molar-refractivity contribution in [2.75, 3.05) is 0 Å². The summed E-state index contributed by atoms with van der Waals surface area (Å²) < 4.78 is 14.5. The molecule has 1 N–H and O–H groups in total. The molecular formula is C20H15FN4O2S. The number of carbonyl (C=O) groups excluding carboxylic acids is 1. The number of rotatable bonds is 5. The van der Waals surface area contributed by atoms with Gasteiger partial charge in [0.1, 0.15) is 11.2 Å². The SMILES string of the molecule is Cn1c(SCc2ccc(C(=O)c3ccc(F)cc3)cc2)nc2[nH]ncc2c1=O. The van der Waals surface area contributed by atoms with Crippen LogP contribution in [0.1, 0.15) is 21.5 Å². The standard InChI is InChI=1S/C20H15FN4O2S/c1-25-19(27)16-10-22-24-18(16)23-20(25)28-11-12-2-4-13(5-3-12)17(26)14-6-8-15(21)9-7-14/h2-10H,11H2,1H3,(H,22,24). The van der Waals surface area contributed by atoms with Gasteiger partial charge in [-0.15, -0.1) is 0 Å². The number of hydrogen-bond donors (Lipinski definition) is 1. The summed E-state index contributed by atoms with van der Waals surface area (Å²) in [4.78, 5) is 29.2. The van der Waals surface area contributed by atoms with Crippen LogP contribution >= 0.6 is 11.8 Å². The first-order valence-corrected chi connectivity index (χ1v) is 9.43. The quantitative estimate of drug-likeness (QED) is 0.319. The zero-order valence-electron chi connectivity index (χ0n) is 14.8. The van der Waals surface area contributed by atoms with Crippen LogP contribution in [0.15, 0.2) is 64.7 Å². The Morgan fingerprint density at radius 3 is 2.43 bits per heavy atom. The molecule has 6 nitrogen and oxygen atoms in total. The first kappa shape index (κ1) is 18.1. The molecule has 0 radical (unpaired) electrons. The molecule has 4 rings (SSSR count). The first-order chi connectivity index (χ1) is 13.5. The molecule has 0 fully saturated rings. The third-order valence-corrected chi connectivity index (χ3v) is 5.44. The minimum Gasteiger partial charge on any atom is -0.290 e. The fourth-order valence-corrected chi connectivity index (χ4v) is 3.68. The van der Waals surface area contributed by atoms with Crippen molar-refractivity contribution in [3.05, 3.63) is 87.6 Å². The van der Waals surface area contributed by atoms with E-state index < -0.39 is 0 Å². The average molecular weight is 394 g/mol. The van der Waals surface area contributed by atoms with Crippen molar-refractivity contribution >= 4 is 28.6 Å². The second-order valence-corrected chi connectivity index (χ2v) is 7.15. The molecule has 0 aliphatic carbocycles. The fraction of sp³-hybridized carbons (Fsp3) is 0.100. The topological polar surface area (TPSA) is 80.6 Å². The molecule has 2 aromatic carbocycles. The second kappa shape index (κ2) is 7.40. The van der Waals surface area contributed by atoms with Gasteiger partial charge in [-0.3, -0.25) is 19.3 Å². The Balaban J connectivity index is 1.49. The monoisotopic (exact) mass is 394 g/mol. The van der Waals surface area contributed by atoms with Crippen LogP contribution < -0.4 is 5.56 Å². The number of hydrogen-bond acceptors (Lipinski definition) is 5. The van der Waals surface area contributed by atoms with Gasteiger partial charge in [-0.2, -0.15) is 5.10 Å². The molecule has 0 aliphatic rings. The molecule has 0 amide bonds. The average Bonchev–Trinajstić information content (AvgIpc) is 3.19. The Labute approximate surface area is 163 Å². The van der Waals surface area contributed by atoms with Crippen LogP contribution in [0.4, 0.5) is 4.39 Å². The van der Waals surface area contributed by atoms with Crippen molar-refractivity contribution in [1.29, 1.82) is 0 Å². The minimum absolute atomic E-state index is 0.151. The number of thioether (sulfide) groups is 1. The molecule has 0 aliphatic heterocycles. The smallest absolute Gasteiger partial charge is 0.265 e. The van der Waals surface area contributed by atoms with Crippen molar-refractivity contribution in [2.45, 2.75) is 10.9 Å². The van der Waals surface area contributed by atoms with Gasteiger partial charge in [0.2, 0.25) is 0 Å². The molecule has 8 heteroatoms. The van der Waals surface area contributed by atoms with Gasteiger partial charge in [-0.25, -0.2) is 9.37 Å².